The van der Waals surface area contributed by atoms with Gasteiger partial charge in [-0.2, -0.15) is 0 Å². The average Bonchev–Trinajstić information content (AvgIpc) is 2.68. The molecule has 1 fully saturated rings. The van der Waals surface area contributed by atoms with Gasteiger partial charge in [0.05, 0.1) is 6.54 Å². The molecule has 7 nitrogen and oxygen atoms in total. The van der Waals surface area contributed by atoms with Gasteiger partial charge in [0.2, 0.25) is 11.9 Å². The summed E-state index contributed by atoms with van der Waals surface area (Å²) in [4.78, 5) is 27.2. The summed E-state index contributed by atoms with van der Waals surface area (Å²) in [5.74, 6) is 0.823. The average molecular weight is 354 g/mol. The lowest BCUT2D eigenvalue weighted by molar-refractivity contribution is -0.122. The lowest BCUT2D eigenvalue weighted by Gasteiger charge is -2.34. The first kappa shape index (κ1) is 18.1. The molecule has 2 aromatic rings. The zero-order chi connectivity index (χ0) is 18.4. The molecule has 0 radical (unpaired) electrons. The Morgan fingerprint density at radius 1 is 1.08 bits per heavy atom. The molecular formula is C19H26N6O. The molecule has 0 saturated carbocycles. The fourth-order valence-corrected chi connectivity index (χ4v) is 2.93. The Balaban J connectivity index is 1.40. The van der Waals surface area contributed by atoms with Crippen molar-refractivity contribution < 1.29 is 4.79 Å². The molecule has 0 aliphatic carbocycles. The molecule has 138 valence electrons. The lowest BCUT2D eigenvalue weighted by Crippen LogP contribution is -2.49. The molecule has 7 heteroatoms. The van der Waals surface area contributed by atoms with E-state index in [1.165, 1.54) is 0 Å². The molecule has 3 rings (SSSR count). The number of carbonyl (C=O) groups is 1. The molecule has 1 aliphatic rings. The zero-order valence-electron chi connectivity index (χ0n) is 15.4. The van der Waals surface area contributed by atoms with Crippen LogP contribution >= 0.6 is 0 Å². The first-order valence-electron chi connectivity index (χ1n) is 8.89. The predicted octanol–water partition coefficient (Wildman–Crippen LogP) is 0.981. The van der Waals surface area contributed by atoms with E-state index in [4.69, 9.17) is 0 Å². The highest BCUT2D eigenvalue weighted by molar-refractivity contribution is 5.78. The first-order valence-corrected chi connectivity index (χ1v) is 8.89. The van der Waals surface area contributed by atoms with Crippen LogP contribution in [-0.4, -0.2) is 67.6 Å². The van der Waals surface area contributed by atoms with Gasteiger partial charge in [0, 0.05) is 64.9 Å². The van der Waals surface area contributed by atoms with Gasteiger partial charge in [-0.25, -0.2) is 9.97 Å². The summed E-state index contributed by atoms with van der Waals surface area (Å²) >= 11 is 0. The Kier molecular flexibility index (Phi) is 6.01. The van der Waals surface area contributed by atoms with Crippen LogP contribution in [0.5, 0.6) is 0 Å². The summed E-state index contributed by atoms with van der Waals surface area (Å²) in [6.45, 7) is 4.34. The Hall–Kier alpha value is -2.67. The number of anilines is 2. The smallest absolute Gasteiger partial charge is 0.234 e. The number of hydrogen-bond donors (Lipinski definition) is 1. The van der Waals surface area contributed by atoms with Crippen LogP contribution in [0.2, 0.25) is 0 Å². The Labute approximate surface area is 154 Å². The molecule has 0 spiro atoms. The van der Waals surface area contributed by atoms with Gasteiger partial charge in [-0.15, -0.1) is 0 Å². The third-order valence-corrected chi connectivity index (χ3v) is 4.52. The van der Waals surface area contributed by atoms with E-state index in [1.54, 1.807) is 12.4 Å². The minimum absolute atomic E-state index is 0.0612. The molecule has 1 aliphatic heterocycles. The quantitative estimate of drug-likeness (QED) is 0.834. The van der Waals surface area contributed by atoms with Crippen LogP contribution in [0.25, 0.3) is 0 Å². The Bertz CT molecular complexity index is 696. The molecule has 2 heterocycles. The molecule has 1 aromatic carbocycles. The van der Waals surface area contributed by atoms with Crippen molar-refractivity contribution in [2.75, 3.05) is 56.6 Å². The Morgan fingerprint density at radius 3 is 2.35 bits per heavy atom. The highest BCUT2D eigenvalue weighted by atomic mass is 16.2. The van der Waals surface area contributed by atoms with Crippen molar-refractivity contribution in [3.8, 4) is 0 Å². The van der Waals surface area contributed by atoms with Gasteiger partial charge in [-0.1, -0.05) is 12.1 Å². The number of nitrogens with zero attached hydrogens (tertiary/aromatic N) is 5. The standard InChI is InChI=1S/C19H26N6O/c1-23(2)17-6-4-16(5-7-17)14-22-18(26)15-24-10-12-25(13-11-24)19-20-8-3-9-21-19/h3-9H,10-15H2,1-2H3,(H,22,26). The second kappa shape index (κ2) is 8.62. The maximum absolute atomic E-state index is 12.2. The highest BCUT2D eigenvalue weighted by Crippen LogP contribution is 2.12. The lowest BCUT2D eigenvalue weighted by atomic mass is 10.2. The van der Waals surface area contributed by atoms with Gasteiger partial charge in [0.25, 0.3) is 0 Å². The van der Waals surface area contributed by atoms with E-state index in [0.717, 1.165) is 43.4 Å². The molecule has 26 heavy (non-hydrogen) atoms. The van der Waals surface area contributed by atoms with E-state index in [1.807, 2.05) is 32.3 Å². The topological polar surface area (TPSA) is 64.6 Å². The third-order valence-electron chi connectivity index (χ3n) is 4.52. The predicted molar refractivity (Wildman–Crippen MR) is 103 cm³/mol. The molecule has 0 bridgehead atoms. The monoisotopic (exact) mass is 354 g/mol. The maximum Gasteiger partial charge on any atom is 0.234 e. The minimum atomic E-state index is 0.0612. The number of piperazine rings is 1. The largest absolute Gasteiger partial charge is 0.378 e. The Morgan fingerprint density at radius 2 is 1.73 bits per heavy atom. The van der Waals surface area contributed by atoms with Crippen LogP contribution in [-0.2, 0) is 11.3 Å². The molecule has 1 saturated heterocycles. The van der Waals surface area contributed by atoms with Crippen molar-refractivity contribution in [1.29, 1.82) is 0 Å². The number of carbonyl (C=O) groups excluding carboxylic acids is 1. The summed E-state index contributed by atoms with van der Waals surface area (Å²) in [6, 6.07) is 10.0. The van der Waals surface area contributed by atoms with Crippen molar-refractivity contribution in [2.45, 2.75) is 6.54 Å². The molecule has 1 aromatic heterocycles. The van der Waals surface area contributed by atoms with Gasteiger partial charge in [0.1, 0.15) is 0 Å². The van der Waals surface area contributed by atoms with Crippen LogP contribution < -0.4 is 15.1 Å². The summed E-state index contributed by atoms with van der Waals surface area (Å²) in [5, 5.41) is 3.01. The number of nitrogens with one attached hydrogen (secondary N) is 1. The van der Waals surface area contributed by atoms with Gasteiger partial charge in [-0.3, -0.25) is 9.69 Å². The van der Waals surface area contributed by atoms with Gasteiger partial charge < -0.3 is 15.1 Å². The van der Waals surface area contributed by atoms with Crippen LogP contribution in [0.15, 0.2) is 42.7 Å². The minimum Gasteiger partial charge on any atom is -0.378 e. The van der Waals surface area contributed by atoms with Crippen LogP contribution in [0.3, 0.4) is 0 Å². The van der Waals surface area contributed by atoms with Crippen molar-refractivity contribution >= 4 is 17.5 Å². The molecule has 0 atom stereocenters. The van der Waals surface area contributed by atoms with E-state index in [0.29, 0.717) is 13.1 Å². The summed E-state index contributed by atoms with van der Waals surface area (Å²) in [5.41, 5.74) is 2.26. The summed E-state index contributed by atoms with van der Waals surface area (Å²) in [6.07, 6.45) is 3.51. The normalized spacial score (nSPS) is 14.9. The van der Waals surface area contributed by atoms with E-state index in [9.17, 15) is 4.79 Å². The summed E-state index contributed by atoms with van der Waals surface area (Å²) in [7, 11) is 4.03. The summed E-state index contributed by atoms with van der Waals surface area (Å²) < 4.78 is 0. The first-order chi connectivity index (χ1) is 12.6. The van der Waals surface area contributed by atoms with E-state index in [-0.39, 0.29) is 5.91 Å². The number of hydrogen-bond acceptors (Lipinski definition) is 6. The number of benzene rings is 1. The molecule has 0 unspecified atom stereocenters. The second-order valence-electron chi connectivity index (χ2n) is 6.65. The van der Waals surface area contributed by atoms with Gasteiger partial charge >= 0.3 is 0 Å². The number of aromatic nitrogens is 2. The number of rotatable bonds is 6. The van der Waals surface area contributed by atoms with Crippen molar-refractivity contribution in [3.63, 3.8) is 0 Å². The van der Waals surface area contributed by atoms with Crippen LogP contribution in [0.1, 0.15) is 5.56 Å². The fourth-order valence-electron chi connectivity index (χ4n) is 2.93. The zero-order valence-corrected chi connectivity index (χ0v) is 15.4. The SMILES string of the molecule is CN(C)c1ccc(CNC(=O)CN2CCN(c3ncccn3)CC2)cc1. The van der Waals surface area contributed by atoms with Gasteiger partial charge in [0.15, 0.2) is 0 Å². The van der Waals surface area contributed by atoms with Crippen LogP contribution in [0.4, 0.5) is 11.6 Å². The molecular weight excluding hydrogens is 328 g/mol. The van der Waals surface area contributed by atoms with Crippen molar-refractivity contribution in [3.05, 3.63) is 48.3 Å². The molecule has 1 amide bonds. The third kappa shape index (κ3) is 4.92. The van der Waals surface area contributed by atoms with Crippen molar-refractivity contribution in [1.82, 2.24) is 20.2 Å². The highest BCUT2D eigenvalue weighted by Gasteiger charge is 2.20. The van der Waals surface area contributed by atoms with E-state index < -0.39 is 0 Å². The fraction of sp³-hybridized carbons (Fsp3) is 0.421. The van der Waals surface area contributed by atoms with E-state index >= 15 is 0 Å². The van der Waals surface area contributed by atoms with Crippen LogP contribution in [0, 0.1) is 0 Å². The maximum atomic E-state index is 12.2. The second-order valence-corrected chi connectivity index (χ2v) is 6.65. The van der Waals surface area contributed by atoms with Gasteiger partial charge in [-0.05, 0) is 23.8 Å². The number of amides is 1. The van der Waals surface area contributed by atoms with E-state index in [2.05, 4.69) is 42.1 Å². The van der Waals surface area contributed by atoms with Crippen molar-refractivity contribution in [2.24, 2.45) is 0 Å². The molecule has 1 N–H and O–H groups in total.